The fourth-order valence-electron chi connectivity index (χ4n) is 3.95. The van der Waals surface area contributed by atoms with Gasteiger partial charge in [-0.05, 0) is 67.3 Å². The van der Waals surface area contributed by atoms with Crippen LogP contribution in [0.1, 0.15) is 80.9 Å². The van der Waals surface area contributed by atoms with Crippen molar-refractivity contribution in [1.29, 1.82) is 0 Å². The summed E-state index contributed by atoms with van der Waals surface area (Å²) in [6.07, 6.45) is 10.8. The van der Waals surface area contributed by atoms with E-state index in [2.05, 4.69) is 35.9 Å². The number of pyridine rings is 1. The number of hydrogen-bond donors (Lipinski definition) is 0. The Morgan fingerprint density at radius 2 is 1.74 bits per heavy atom. The largest absolute Gasteiger partial charge is 0.230 e. The minimum atomic E-state index is -0.623. The van der Waals surface area contributed by atoms with Gasteiger partial charge in [0.1, 0.15) is 5.15 Å². The third kappa shape index (κ3) is 5.81. The fourth-order valence-corrected chi connectivity index (χ4v) is 4.09. The number of rotatable bonds is 5. The van der Waals surface area contributed by atoms with Crippen LogP contribution in [0.4, 0.5) is 4.39 Å². The third-order valence-electron chi connectivity index (χ3n) is 5.60. The van der Waals surface area contributed by atoms with E-state index >= 15 is 0 Å². The van der Waals surface area contributed by atoms with Gasteiger partial charge in [0, 0.05) is 5.56 Å². The van der Waals surface area contributed by atoms with Crippen LogP contribution in [0.2, 0.25) is 5.15 Å². The summed E-state index contributed by atoms with van der Waals surface area (Å²) in [4.78, 5) is 3.59. The van der Waals surface area contributed by atoms with Crippen molar-refractivity contribution in [3.05, 3.63) is 64.2 Å². The van der Waals surface area contributed by atoms with E-state index in [1.165, 1.54) is 56.9 Å². The van der Waals surface area contributed by atoms with E-state index in [1.807, 2.05) is 12.1 Å². The Bertz CT molecular complexity index is 795. The minimum Gasteiger partial charge on any atom is -0.207 e. The number of unbranched alkanes of at least 4 members (excludes halogenated alkanes) is 2. The molecule has 0 saturated heterocycles. The van der Waals surface area contributed by atoms with Crippen LogP contribution >= 0.6 is 11.6 Å². The average molecular weight is 384 g/mol. The van der Waals surface area contributed by atoms with E-state index in [4.69, 9.17) is 11.6 Å². The van der Waals surface area contributed by atoms with Gasteiger partial charge in [-0.2, -0.15) is 4.39 Å². The zero-order valence-electron chi connectivity index (χ0n) is 16.0. The maximum absolute atomic E-state index is 13.7. The highest BCUT2D eigenvalue weighted by Crippen LogP contribution is 2.37. The normalized spacial score (nSPS) is 19.4. The Balaban J connectivity index is 1.56. The number of nitrogens with zero attached hydrogens (tertiary/aromatic N) is 1. The first kappa shape index (κ1) is 19.9. The summed E-state index contributed by atoms with van der Waals surface area (Å²) in [6, 6.07) is 11.6. The second-order valence-electron chi connectivity index (χ2n) is 7.56. The van der Waals surface area contributed by atoms with Crippen molar-refractivity contribution >= 4 is 11.6 Å². The van der Waals surface area contributed by atoms with E-state index in [9.17, 15) is 4.39 Å². The molecule has 3 rings (SSSR count). The minimum absolute atomic E-state index is 0.141. The van der Waals surface area contributed by atoms with Crippen LogP contribution in [0, 0.1) is 23.7 Å². The van der Waals surface area contributed by atoms with Gasteiger partial charge in [-0.1, -0.05) is 68.2 Å². The van der Waals surface area contributed by atoms with Crippen LogP contribution in [0.5, 0.6) is 0 Å². The highest BCUT2D eigenvalue weighted by atomic mass is 35.5. The number of hydrogen-bond acceptors (Lipinski definition) is 1. The van der Waals surface area contributed by atoms with Gasteiger partial charge in [0.2, 0.25) is 5.95 Å². The zero-order chi connectivity index (χ0) is 19.1. The molecule has 1 fully saturated rings. The number of aromatic nitrogens is 1. The van der Waals surface area contributed by atoms with Gasteiger partial charge in [-0.15, -0.1) is 0 Å². The predicted molar refractivity (Wildman–Crippen MR) is 110 cm³/mol. The van der Waals surface area contributed by atoms with Crippen molar-refractivity contribution in [2.24, 2.45) is 5.92 Å². The Kier molecular flexibility index (Phi) is 7.30. The Labute approximate surface area is 167 Å². The second-order valence-corrected chi connectivity index (χ2v) is 7.95. The Morgan fingerprint density at radius 1 is 1.00 bits per heavy atom. The molecule has 0 radical (unpaired) electrons. The van der Waals surface area contributed by atoms with E-state index in [0.29, 0.717) is 5.92 Å². The molecule has 142 valence electrons. The molecule has 0 bridgehead atoms. The first-order chi connectivity index (χ1) is 13.2. The molecule has 0 unspecified atom stereocenters. The van der Waals surface area contributed by atoms with Crippen molar-refractivity contribution in [3.8, 4) is 11.8 Å². The van der Waals surface area contributed by atoms with Crippen LogP contribution in [-0.4, -0.2) is 4.98 Å². The van der Waals surface area contributed by atoms with E-state index in [1.54, 1.807) is 12.1 Å². The first-order valence-electron chi connectivity index (χ1n) is 10.1. The second kappa shape index (κ2) is 9.90. The highest BCUT2D eigenvalue weighted by Gasteiger charge is 2.21. The highest BCUT2D eigenvalue weighted by molar-refractivity contribution is 6.29. The molecule has 3 heteroatoms. The van der Waals surface area contributed by atoms with Gasteiger partial charge in [-0.25, -0.2) is 4.98 Å². The van der Waals surface area contributed by atoms with Gasteiger partial charge < -0.3 is 0 Å². The molecule has 0 atom stereocenters. The van der Waals surface area contributed by atoms with Crippen LogP contribution in [-0.2, 0) is 0 Å². The summed E-state index contributed by atoms with van der Waals surface area (Å²) in [6.45, 7) is 2.27. The molecule has 1 aliphatic carbocycles. The average Bonchev–Trinajstić information content (AvgIpc) is 2.69. The van der Waals surface area contributed by atoms with Crippen molar-refractivity contribution in [1.82, 2.24) is 4.98 Å². The quantitative estimate of drug-likeness (QED) is 0.304. The molecule has 0 spiro atoms. The van der Waals surface area contributed by atoms with Crippen LogP contribution in [0.3, 0.4) is 0 Å². The van der Waals surface area contributed by atoms with Crippen molar-refractivity contribution in [2.75, 3.05) is 0 Å². The summed E-state index contributed by atoms with van der Waals surface area (Å²) >= 11 is 5.67. The molecule has 1 nitrogen and oxygen atoms in total. The standard InChI is InChI=1S/C24H27ClFN/c1-2-3-4-5-18-6-11-20(12-7-18)21-13-8-19(9-14-21)10-15-22-16-17-23(25)27-24(22)26/h8-9,13-14,16-18,20H,2-7,11-12H2,1H3/t18-,20-. The maximum atomic E-state index is 13.7. The Hall–Kier alpha value is -1.85. The molecule has 1 aromatic heterocycles. The molecular weight excluding hydrogens is 357 g/mol. The molecule has 1 saturated carbocycles. The summed E-state index contributed by atoms with van der Waals surface area (Å²) in [5.41, 5.74) is 2.57. The molecule has 1 heterocycles. The van der Waals surface area contributed by atoms with E-state index < -0.39 is 5.95 Å². The van der Waals surface area contributed by atoms with Crippen molar-refractivity contribution in [3.63, 3.8) is 0 Å². The van der Waals surface area contributed by atoms with Gasteiger partial charge >= 0.3 is 0 Å². The van der Waals surface area contributed by atoms with Crippen LogP contribution in [0.15, 0.2) is 36.4 Å². The SMILES string of the molecule is CCCCC[C@H]1CC[C@H](c2ccc(C#Cc3ccc(Cl)nc3F)cc2)CC1. The van der Waals surface area contributed by atoms with E-state index in [0.717, 1.165) is 11.5 Å². The molecule has 0 N–H and O–H groups in total. The third-order valence-corrected chi connectivity index (χ3v) is 5.81. The van der Waals surface area contributed by atoms with Crippen molar-refractivity contribution < 1.29 is 4.39 Å². The molecule has 1 aliphatic rings. The number of benzene rings is 1. The van der Waals surface area contributed by atoms with E-state index in [-0.39, 0.29) is 10.7 Å². The maximum Gasteiger partial charge on any atom is 0.230 e. The monoisotopic (exact) mass is 383 g/mol. The lowest BCUT2D eigenvalue weighted by atomic mass is 9.77. The molecule has 1 aromatic carbocycles. The molecule has 2 aromatic rings. The number of halogens is 2. The fraction of sp³-hybridized carbons (Fsp3) is 0.458. The van der Waals surface area contributed by atoms with Crippen LogP contribution in [0.25, 0.3) is 0 Å². The molecule has 0 aliphatic heterocycles. The zero-order valence-corrected chi connectivity index (χ0v) is 16.7. The topological polar surface area (TPSA) is 12.9 Å². The summed E-state index contributed by atoms with van der Waals surface area (Å²) in [7, 11) is 0. The lowest BCUT2D eigenvalue weighted by molar-refractivity contribution is 0.303. The summed E-state index contributed by atoms with van der Waals surface area (Å²) < 4.78 is 13.7. The molecule has 27 heavy (non-hydrogen) atoms. The summed E-state index contributed by atoms with van der Waals surface area (Å²) in [5, 5.41) is 0.141. The van der Waals surface area contributed by atoms with Gasteiger partial charge in [0.25, 0.3) is 0 Å². The van der Waals surface area contributed by atoms with Gasteiger partial charge in [-0.3, -0.25) is 0 Å². The lowest BCUT2D eigenvalue weighted by Crippen LogP contribution is -2.13. The van der Waals surface area contributed by atoms with Gasteiger partial charge in [0.05, 0.1) is 5.56 Å². The summed E-state index contributed by atoms with van der Waals surface area (Å²) in [5.74, 6) is 6.84. The van der Waals surface area contributed by atoms with Gasteiger partial charge in [0.15, 0.2) is 0 Å². The Morgan fingerprint density at radius 3 is 2.41 bits per heavy atom. The smallest absolute Gasteiger partial charge is 0.207 e. The van der Waals surface area contributed by atoms with Crippen LogP contribution < -0.4 is 0 Å². The predicted octanol–water partition coefficient (Wildman–Crippen LogP) is 7.13. The molecule has 0 amide bonds. The molecular formula is C24H27ClFN. The lowest BCUT2D eigenvalue weighted by Gasteiger charge is -2.29. The first-order valence-corrected chi connectivity index (χ1v) is 10.5. The van der Waals surface area contributed by atoms with Crippen molar-refractivity contribution in [2.45, 2.75) is 64.2 Å².